The summed E-state index contributed by atoms with van der Waals surface area (Å²) in [6.07, 6.45) is 3.35. The molecule has 8 nitrogen and oxygen atoms in total. The van der Waals surface area contributed by atoms with Gasteiger partial charge in [0, 0.05) is 45.1 Å². The predicted octanol–water partition coefficient (Wildman–Crippen LogP) is 2.40. The van der Waals surface area contributed by atoms with Crippen LogP contribution in [-0.4, -0.2) is 68.4 Å². The summed E-state index contributed by atoms with van der Waals surface area (Å²) in [5, 5.41) is 3.49. The van der Waals surface area contributed by atoms with Crippen LogP contribution in [0.3, 0.4) is 0 Å². The van der Waals surface area contributed by atoms with Crippen molar-refractivity contribution in [3.8, 4) is 0 Å². The topological polar surface area (TPSA) is 72.0 Å². The summed E-state index contributed by atoms with van der Waals surface area (Å²) < 4.78 is 17.2. The monoisotopic (exact) mass is 397 g/mol. The van der Waals surface area contributed by atoms with Gasteiger partial charge in [-0.2, -0.15) is 0 Å². The van der Waals surface area contributed by atoms with Crippen LogP contribution in [0.4, 0.5) is 23.0 Å². The normalized spacial score (nSPS) is 21.5. The molecule has 0 unspecified atom stereocenters. The molecule has 1 aromatic carbocycles. The quantitative estimate of drug-likeness (QED) is 0.843. The van der Waals surface area contributed by atoms with Crippen molar-refractivity contribution in [3.63, 3.8) is 0 Å². The highest BCUT2D eigenvalue weighted by atomic mass is 16.7. The van der Waals surface area contributed by atoms with E-state index >= 15 is 0 Å². The smallest absolute Gasteiger partial charge is 0.171 e. The highest BCUT2D eigenvalue weighted by molar-refractivity contribution is 5.74. The summed E-state index contributed by atoms with van der Waals surface area (Å²) in [6.45, 7) is 6.43. The number of hydrogen-bond donors (Lipinski definition) is 1. The molecule has 0 atom stereocenters. The Morgan fingerprint density at radius 3 is 2.41 bits per heavy atom. The number of ether oxygens (including phenoxy) is 3. The summed E-state index contributed by atoms with van der Waals surface area (Å²) in [5.74, 6) is 1.35. The molecule has 0 amide bonds. The van der Waals surface area contributed by atoms with E-state index < -0.39 is 0 Å². The van der Waals surface area contributed by atoms with Crippen LogP contribution in [0.5, 0.6) is 0 Å². The molecule has 154 valence electrons. The second-order valence-electron chi connectivity index (χ2n) is 7.60. The highest BCUT2D eigenvalue weighted by Gasteiger charge is 2.40. The zero-order valence-electron chi connectivity index (χ0n) is 16.5. The Morgan fingerprint density at radius 1 is 0.862 bits per heavy atom. The molecule has 29 heavy (non-hydrogen) atoms. The van der Waals surface area contributed by atoms with Crippen LogP contribution < -0.4 is 15.1 Å². The molecule has 0 aliphatic carbocycles. The first-order valence-electron chi connectivity index (χ1n) is 10.4. The maximum absolute atomic E-state index is 5.83. The Labute approximate surface area is 170 Å². The van der Waals surface area contributed by atoms with Crippen molar-refractivity contribution < 1.29 is 14.2 Å². The van der Waals surface area contributed by atoms with E-state index in [0.717, 1.165) is 69.6 Å². The lowest BCUT2D eigenvalue weighted by molar-refractivity contribution is -0.169. The van der Waals surface area contributed by atoms with E-state index in [1.165, 1.54) is 5.69 Å². The van der Waals surface area contributed by atoms with Crippen LogP contribution in [0.25, 0.3) is 0 Å². The van der Waals surface area contributed by atoms with Crippen LogP contribution in [0, 0.1) is 0 Å². The van der Waals surface area contributed by atoms with Gasteiger partial charge in [0.05, 0.1) is 37.8 Å². The van der Waals surface area contributed by atoms with Crippen LogP contribution in [0.15, 0.2) is 36.7 Å². The number of morpholine rings is 1. The minimum Gasteiger partial charge on any atom is -0.378 e. The van der Waals surface area contributed by atoms with Gasteiger partial charge in [-0.1, -0.05) is 12.1 Å². The third-order valence-electron chi connectivity index (χ3n) is 5.83. The molecule has 1 aromatic heterocycles. The molecule has 3 saturated heterocycles. The van der Waals surface area contributed by atoms with Gasteiger partial charge < -0.3 is 29.3 Å². The van der Waals surface area contributed by atoms with Crippen molar-refractivity contribution >= 4 is 23.0 Å². The molecule has 3 aliphatic heterocycles. The largest absolute Gasteiger partial charge is 0.378 e. The third kappa shape index (κ3) is 4.01. The van der Waals surface area contributed by atoms with Gasteiger partial charge in [-0.3, -0.25) is 0 Å². The SMILES string of the molecule is c1ccc(N2CCOCC2)c(Nc2cc(N3CCC4(CC3)OCCO4)ncn2)c1. The second kappa shape index (κ2) is 8.14. The molecule has 4 heterocycles. The van der Waals surface area contributed by atoms with Gasteiger partial charge in [0.25, 0.3) is 0 Å². The molecular formula is C21H27N5O3. The molecule has 1 N–H and O–H groups in total. The number of benzene rings is 1. The number of piperidine rings is 1. The van der Waals surface area contributed by atoms with E-state index in [-0.39, 0.29) is 5.79 Å². The van der Waals surface area contributed by atoms with Crippen molar-refractivity contribution in [3.05, 3.63) is 36.7 Å². The van der Waals surface area contributed by atoms with Gasteiger partial charge in [0.15, 0.2) is 5.79 Å². The van der Waals surface area contributed by atoms with E-state index in [1.807, 2.05) is 12.1 Å². The number of rotatable bonds is 4. The molecule has 3 aliphatic rings. The second-order valence-corrected chi connectivity index (χ2v) is 7.60. The fourth-order valence-electron chi connectivity index (χ4n) is 4.25. The maximum Gasteiger partial charge on any atom is 0.171 e. The van der Waals surface area contributed by atoms with Gasteiger partial charge in [-0.25, -0.2) is 9.97 Å². The molecule has 0 bridgehead atoms. The lowest BCUT2D eigenvalue weighted by atomic mass is 10.0. The molecule has 8 heteroatoms. The lowest BCUT2D eigenvalue weighted by Gasteiger charge is -2.38. The summed E-state index contributed by atoms with van der Waals surface area (Å²) in [5.41, 5.74) is 2.22. The molecule has 1 spiro atoms. The van der Waals surface area contributed by atoms with Crippen LogP contribution in [0.1, 0.15) is 12.8 Å². The fraction of sp³-hybridized carbons (Fsp3) is 0.524. The van der Waals surface area contributed by atoms with Crippen molar-refractivity contribution in [2.24, 2.45) is 0 Å². The Bertz CT molecular complexity index is 827. The average molecular weight is 397 g/mol. The van der Waals surface area contributed by atoms with E-state index in [4.69, 9.17) is 14.2 Å². The number of nitrogens with one attached hydrogen (secondary N) is 1. The molecule has 0 saturated carbocycles. The van der Waals surface area contributed by atoms with E-state index in [2.05, 4.69) is 43.3 Å². The van der Waals surface area contributed by atoms with Gasteiger partial charge in [-0.05, 0) is 12.1 Å². The molecule has 3 fully saturated rings. The summed E-state index contributed by atoms with van der Waals surface area (Å²) in [7, 11) is 0. The Hall–Kier alpha value is -2.42. The van der Waals surface area contributed by atoms with Crippen molar-refractivity contribution in [1.29, 1.82) is 0 Å². The van der Waals surface area contributed by atoms with Crippen LogP contribution in [0.2, 0.25) is 0 Å². The molecule has 5 rings (SSSR count). The van der Waals surface area contributed by atoms with E-state index in [9.17, 15) is 0 Å². The first kappa shape index (κ1) is 18.6. The Balaban J connectivity index is 1.30. The zero-order valence-corrected chi connectivity index (χ0v) is 16.5. The van der Waals surface area contributed by atoms with Gasteiger partial charge >= 0.3 is 0 Å². The van der Waals surface area contributed by atoms with Crippen molar-refractivity contribution in [1.82, 2.24) is 9.97 Å². The first-order chi connectivity index (χ1) is 14.3. The number of aromatic nitrogens is 2. The van der Waals surface area contributed by atoms with Crippen LogP contribution in [-0.2, 0) is 14.2 Å². The number of para-hydroxylation sites is 2. The van der Waals surface area contributed by atoms with Crippen molar-refractivity contribution in [2.45, 2.75) is 18.6 Å². The summed E-state index contributed by atoms with van der Waals surface area (Å²) >= 11 is 0. The third-order valence-corrected chi connectivity index (χ3v) is 5.83. The Kier molecular flexibility index (Phi) is 5.22. The fourth-order valence-corrected chi connectivity index (χ4v) is 4.25. The van der Waals surface area contributed by atoms with Gasteiger partial charge in [-0.15, -0.1) is 0 Å². The first-order valence-corrected chi connectivity index (χ1v) is 10.4. The lowest BCUT2D eigenvalue weighted by Crippen LogP contribution is -2.45. The number of anilines is 4. The summed E-state index contributed by atoms with van der Waals surface area (Å²) in [6, 6.07) is 10.4. The Morgan fingerprint density at radius 2 is 1.62 bits per heavy atom. The summed E-state index contributed by atoms with van der Waals surface area (Å²) in [4.78, 5) is 13.6. The highest BCUT2D eigenvalue weighted by Crippen LogP contribution is 2.34. The number of hydrogen-bond acceptors (Lipinski definition) is 8. The van der Waals surface area contributed by atoms with Crippen LogP contribution >= 0.6 is 0 Å². The van der Waals surface area contributed by atoms with Gasteiger partial charge in [0.2, 0.25) is 0 Å². The molecule has 0 radical (unpaired) electrons. The predicted molar refractivity (Wildman–Crippen MR) is 111 cm³/mol. The molecular weight excluding hydrogens is 370 g/mol. The van der Waals surface area contributed by atoms with E-state index in [0.29, 0.717) is 13.2 Å². The average Bonchev–Trinajstić information content (AvgIpc) is 3.23. The standard InChI is InChI=1S/C21H27N5O3/c1-2-4-18(25-9-11-27-12-10-25)17(3-1)24-19-15-20(23-16-22-19)26-7-5-21(6-8-26)28-13-14-29-21/h1-4,15-16H,5-14H2,(H,22,23,24). The minimum atomic E-state index is -0.373. The maximum atomic E-state index is 5.83. The van der Waals surface area contributed by atoms with Crippen molar-refractivity contribution in [2.75, 3.05) is 67.7 Å². The number of nitrogens with zero attached hydrogens (tertiary/aromatic N) is 4. The van der Waals surface area contributed by atoms with Gasteiger partial charge in [0.1, 0.15) is 18.0 Å². The van der Waals surface area contributed by atoms with E-state index in [1.54, 1.807) is 6.33 Å². The minimum absolute atomic E-state index is 0.373. The molecule has 2 aromatic rings. The zero-order chi connectivity index (χ0) is 19.5.